The highest BCUT2D eigenvalue weighted by atomic mass is 16.5. The molecule has 7 nitrogen and oxygen atoms in total. The minimum Gasteiger partial charge on any atom is -0.489 e. The maximum Gasteiger partial charge on any atom is 0.336 e. The fraction of sp³-hybridized carbons (Fsp3) is 0.250. The van der Waals surface area contributed by atoms with E-state index in [-0.39, 0.29) is 17.4 Å². The van der Waals surface area contributed by atoms with Crippen LogP contribution in [0, 0.1) is 6.92 Å². The van der Waals surface area contributed by atoms with Crippen molar-refractivity contribution in [1.82, 2.24) is 10.6 Å². The molecule has 1 heterocycles. The summed E-state index contributed by atoms with van der Waals surface area (Å²) < 4.78 is 11.1. The van der Waals surface area contributed by atoms with Crippen molar-refractivity contribution in [3.05, 3.63) is 99.4 Å². The maximum atomic E-state index is 12.4. The number of rotatable bonds is 10. The molecule has 0 bridgehead atoms. The number of urea groups is 1. The van der Waals surface area contributed by atoms with Gasteiger partial charge in [0.1, 0.15) is 17.9 Å². The van der Waals surface area contributed by atoms with Gasteiger partial charge in [0.2, 0.25) is 0 Å². The number of benzene rings is 2. The van der Waals surface area contributed by atoms with E-state index in [9.17, 15) is 14.4 Å². The van der Waals surface area contributed by atoms with Gasteiger partial charge in [0.25, 0.3) is 0 Å². The van der Waals surface area contributed by atoms with Gasteiger partial charge >= 0.3 is 11.7 Å². The fourth-order valence-corrected chi connectivity index (χ4v) is 3.82. The smallest absolute Gasteiger partial charge is 0.336 e. The van der Waals surface area contributed by atoms with Gasteiger partial charge in [-0.3, -0.25) is 4.79 Å². The summed E-state index contributed by atoms with van der Waals surface area (Å²) in [6.07, 6.45) is 7.83. The summed E-state index contributed by atoms with van der Waals surface area (Å²) in [5.74, 6) is 0.626. The first-order valence-electron chi connectivity index (χ1n) is 11.6. The lowest BCUT2D eigenvalue weighted by Crippen LogP contribution is -2.37. The molecule has 2 N–H and O–H groups in total. The molecule has 3 aromatic rings. The van der Waals surface area contributed by atoms with Crippen LogP contribution in [-0.2, 0) is 6.61 Å². The van der Waals surface area contributed by atoms with Gasteiger partial charge in [0.05, 0.1) is 0 Å². The predicted octanol–water partition coefficient (Wildman–Crippen LogP) is 4.83. The van der Waals surface area contributed by atoms with E-state index in [1.807, 2.05) is 49.4 Å². The van der Waals surface area contributed by atoms with E-state index in [2.05, 4.69) is 10.6 Å². The summed E-state index contributed by atoms with van der Waals surface area (Å²) in [6.45, 7) is 3.16. The molecule has 0 aliphatic heterocycles. The summed E-state index contributed by atoms with van der Waals surface area (Å²) in [5, 5.41) is 6.47. The van der Waals surface area contributed by atoms with Crippen LogP contribution in [0.2, 0.25) is 0 Å². The molecular weight excluding hydrogens is 444 g/mol. The highest BCUT2D eigenvalue weighted by Gasteiger charge is 2.08. The Morgan fingerprint density at radius 3 is 2.66 bits per heavy atom. The quantitative estimate of drug-likeness (QED) is 0.250. The van der Waals surface area contributed by atoms with E-state index in [1.165, 1.54) is 11.6 Å². The molecule has 0 atom stereocenters. The monoisotopic (exact) mass is 472 g/mol. The van der Waals surface area contributed by atoms with Gasteiger partial charge in [0.15, 0.2) is 5.78 Å². The normalized spacial score (nSPS) is 12.4. The van der Waals surface area contributed by atoms with Crippen LogP contribution in [0.3, 0.4) is 0 Å². The van der Waals surface area contributed by atoms with Crippen LogP contribution in [-0.4, -0.2) is 24.9 Å². The second-order valence-electron chi connectivity index (χ2n) is 8.49. The fourth-order valence-electron chi connectivity index (χ4n) is 3.82. The lowest BCUT2D eigenvalue weighted by atomic mass is 10.0. The number of Topliss-reactive ketones (excluding diaryl/α,β-unsaturated/α-hetero) is 1. The van der Waals surface area contributed by atoms with E-state index < -0.39 is 0 Å². The average Bonchev–Trinajstić information content (AvgIpc) is 3.38. The molecule has 1 aliphatic rings. The topological polar surface area (TPSA) is 97.6 Å². The Bertz CT molecular complexity index is 1340. The summed E-state index contributed by atoms with van der Waals surface area (Å²) in [4.78, 5) is 35.9. The molecule has 0 saturated carbocycles. The Labute approximate surface area is 203 Å². The zero-order chi connectivity index (χ0) is 24.6. The van der Waals surface area contributed by atoms with Gasteiger partial charge in [-0.2, -0.15) is 0 Å². The highest BCUT2D eigenvalue weighted by Crippen LogP contribution is 2.23. The third-order valence-corrected chi connectivity index (χ3v) is 5.79. The van der Waals surface area contributed by atoms with Crippen LogP contribution in [0.4, 0.5) is 4.79 Å². The molecule has 2 amide bonds. The molecule has 1 aromatic heterocycles. The number of allylic oxidation sites excluding steroid dienone is 3. The predicted molar refractivity (Wildman–Crippen MR) is 135 cm³/mol. The number of nitrogens with one attached hydrogen (secondary N) is 2. The molecule has 0 spiro atoms. The Morgan fingerprint density at radius 1 is 1.06 bits per heavy atom. The van der Waals surface area contributed by atoms with Crippen molar-refractivity contribution in [1.29, 1.82) is 0 Å². The molecular formula is C28H28N2O5. The summed E-state index contributed by atoms with van der Waals surface area (Å²) in [6, 6.07) is 13.9. The van der Waals surface area contributed by atoms with Gasteiger partial charge in [-0.25, -0.2) is 9.59 Å². The molecule has 0 fully saturated rings. The number of ketones is 1. The summed E-state index contributed by atoms with van der Waals surface area (Å²) in [7, 11) is 0. The number of aryl methyl sites for hydroxylation is 1. The summed E-state index contributed by atoms with van der Waals surface area (Å²) >= 11 is 0. The van der Waals surface area contributed by atoms with Gasteiger partial charge in [0, 0.05) is 42.6 Å². The lowest BCUT2D eigenvalue weighted by Gasteiger charge is -2.09. The van der Waals surface area contributed by atoms with Gasteiger partial charge in [-0.1, -0.05) is 42.5 Å². The van der Waals surface area contributed by atoms with Crippen LogP contribution in [0.15, 0.2) is 81.5 Å². The number of hydrogen-bond donors (Lipinski definition) is 2. The number of carbonyl (C=O) groups excluding carboxylic acids is 2. The zero-order valence-corrected chi connectivity index (χ0v) is 19.6. The van der Waals surface area contributed by atoms with Crippen LogP contribution in [0.5, 0.6) is 5.75 Å². The zero-order valence-electron chi connectivity index (χ0n) is 19.6. The Hall–Kier alpha value is -4.13. The SMILES string of the molecule is Cc1cc(=O)oc2cc(OCc3ccc(C(=O)CCCNC(=O)NCC4=CC=CC4)cc3)ccc12. The molecule has 1 aliphatic carbocycles. The number of carbonyl (C=O) groups is 2. The number of amides is 2. The van der Waals surface area contributed by atoms with Crippen molar-refractivity contribution < 1.29 is 18.7 Å². The van der Waals surface area contributed by atoms with Crippen LogP contribution >= 0.6 is 0 Å². The van der Waals surface area contributed by atoms with Gasteiger partial charge in [-0.05, 0) is 48.6 Å². The van der Waals surface area contributed by atoms with Crippen molar-refractivity contribution in [3.8, 4) is 5.75 Å². The second kappa shape index (κ2) is 11.3. The number of ether oxygens (including phenoxy) is 1. The molecule has 180 valence electrons. The van der Waals surface area contributed by atoms with Crippen LogP contribution < -0.4 is 21.0 Å². The molecule has 0 unspecified atom stereocenters. The minimum absolute atomic E-state index is 0.0294. The Kier molecular flexibility index (Phi) is 7.77. The standard InChI is InChI=1S/C28H28N2O5/c1-19-15-27(32)35-26-16-23(12-13-24(19)26)34-18-21-8-10-22(11-9-21)25(31)7-4-14-29-28(33)30-17-20-5-2-3-6-20/h2-3,5,8-13,15-16H,4,6-7,14,17-18H2,1H3,(H2,29,30,33). The largest absolute Gasteiger partial charge is 0.489 e. The van der Waals surface area contributed by atoms with E-state index in [0.717, 1.165) is 22.9 Å². The number of fused-ring (bicyclic) bond motifs is 1. The van der Waals surface area contributed by atoms with E-state index in [4.69, 9.17) is 9.15 Å². The van der Waals surface area contributed by atoms with Gasteiger partial charge in [-0.15, -0.1) is 0 Å². The first kappa shape index (κ1) is 24.0. The highest BCUT2D eigenvalue weighted by molar-refractivity contribution is 5.96. The van der Waals surface area contributed by atoms with E-state index in [1.54, 1.807) is 18.2 Å². The van der Waals surface area contributed by atoms with Crippen LogP contribution in [0.25, 0.3) is 11.0 Å². The summed E-state index contributed by atoms with van der Waals surface area (Å²) in [5.41, 5.74) is 3.67. The number of hydrogen-bond acceptors (Lipinski definition) is 5. The van der Waals surface area contributed by atoms with Gasteiger partial charge < -0.3 is 19.8 Å². The van der Waals surface area contributed by atoms with Crippen molar-refractivity contribution in [2.75, 3.05) is 13.1 Å². The Balaban J connectivity index is 1.19. The lowest BCUT2D eigenvalue weighted by molar-refractivity contribution is 0.0980. The van der Waals surface area contributed by atoms with E-state index in [0.29, 0.717) is 49.4 Å². The Morgan fingerprint density at radius 2 is 1.89 bits per heavy atom. The van der Waals surface area contributed by atoms with Crippen molar-refractivity contribution >= 4 is 22.8 Å². The molecule has 4 rings (SSSR count). The first-order valence-corrected chi connectivity index (χ1v) is 11.6. The maximum absolute atomic E-state index is 12.4. The molecule has 2 aromatic carbocycles. The third kappa shape index (κ3) is 6.69. The first-order chi connectivity index (χ1) is 17.0. The van der Waals surface area contributed by atoms with Crippen molar-refractivity contribution in [2.24, 2.45) is 0 Å². The molecule has 0 radical (unpaired) electrons. The van der Waals surface area contributed by atoms with Crippen LogP contribution in [0.1, 0.15) is 40.7 Å². The molecule has 0 saturated heterocycles. The average molecular weight is 473 g/mol. The third-order valence-electron chi connectivity index (χ3n) is 5.79. The molecule has 35 heavy (non-hydrogen) atoms. The minimum atomic E-state index is -0.388. The molecule has 7 heteroatoms. The van der Waals surface area contributed by atoms with Crippen molar-refractivity contribution in [2.45, 2.75) is 32.8 Å². The van der Waals surface area contributed by atoms with E-state index >= 15 is 0 Å². The second-order valence-corrected chi connectivity index (χ2v) is 8.49. The van der Waals surface area contributed by atoms with Crippen molar-refractivity contribution in [3.63, 3.8) is 0 Å².